The van der Waals surface area contributed by atoms with Gasteiger partial charge in [-0.2, -0.15) is 0 Å². The summed E-state index contributed by atoms with van der Waals surface area (Å²) in [5.74, 6) is 1.40. The third-order valence-corrected chi connectivity index (χ3v) is 5.35. The van der Waals surface area contributed by atoms with Gasteiger partial charge in [0.25, 0.3) is 0 Å². The van der Waals surface area contributed by atoms with Crippen LogP contribution >= 0.6 is 27.3 Å². The molecule has 0 saturated carbocycles. The molecule has 23 heavy (non-hydrogen) atoms. The summed E-state index contributed by atoms with van der Waals surface area (Å²) in [6.45, 7) is 4.05. The number of aldehydes is 1. The summed E-state index contributed by atoms with van der Waals surface area (Å²) in [7, 11) is 1.55. The number of thiophene rings is 1. The molecule has 0 saturated heterocycles. The van der Waals surface area contributed by atoms with Gasteiger partial charge in [0.2, 0.25) is 5.88 Å². The topological polar surface area (TPSA) is 61.3 Å². The van der Waals surface area contributed by atoms with Gasteiger partial charge < -0.3 is 9.47 Å². The fraction of sp³-hybridized carbons (Fsp3) is 0.188. The Bertz CT molecular complexity index is 908. The van der Waals surface area contributed by atoms with E-state index in [0.717, 1.165) is 22.1 Å². The molecule has 0 amide bonds. The lowest BCUT2D eigenvalue weighted by molar-refractivity contribution is 0.112. The van der Waals surface area contributed by atoms with Gasteiger partial charge in [-0.25, -0.2) is 9.97 Å². The van der Waals surface area contributed by atoms with Crippen molar-refractivity contribution < 1.29 is 14.3 Å². The number of ether oxygens (including phenoxy) is 2. The lowest BCUT2D eigenvalue weighted by atomic mass is 10.2. The van der Waals surface area contributed by atoms with Crippen molar-refractivity contribution in [1.29, 1.82) is 0 Å². The number of halogens is 1. The number of nitrogens with zero attached hydrogens (tertiary/aromatic N) is 2. The van der Waals surface area contributed by atoms with Crippen molar-refractivity contribution in [2.45, 2.75) is 13.8 Å². The first kappa shape index (κ1) is 15.9. The molecule has 0 bridgehead atoms. The number of carbonyl (C=O) groups is 1. The van der Waals surface area contributed by atoms with Crippen molar-refractivity contribution in [3.05, 3.63) is 38.9 Å². The fourth-order valence-electron chi connectivity index (χ4n) is 2.21. The number of carbonyl (C=O) groups excluding carboxylic acids is 1. The van der Waals surface area contributed by atoms with Gasteiger partial charge in [-0.05, 0) is 47.5 Å². The second-order valence-electron chi connectivity index (χ2n) is 4.89. The lowest BCUT2D eigenvalue weighted by Crippen LogP contribution is -1.96. The molecule has 0 atom stereocenters. The molecular weight excluding hydrogens is 380 g/mol. The van der Waals surface area contributed by atoms with Crippen LogP contribution < -0.4 is 9.47 Å². The van der Waals surface area contributed by atoms with Crippen molar-refractivity contribution in [3.8, 4) is 17.4 Å². The van der Waals surface area contributed by atoms with Crippen LogP contribution in [0.1, 0.15) is 20.8 Å². The van der Waals surface area contributed by atoms with Crippen molar-refractivity contribution in [2.24, 2.45) is 0 Å². The zero-order valence-electron chi connectivity index (χ0n) is 12.7. The van der Waals surface area contributed by atoms with Crippen LogP contribution in [0.4, 0.5) is 0 Å². The van der Waals surface area contributed by atoms with E-state index in [2.05, 4.69) is 25.9 Å². The van der Waals surface area contributed by atoms with Gasteiger partial charge in [-0.15, -0.1) is 11.3 Å². The van der Waals surface area contributed by atoms with E-state index < -0.39 is 0 Å². The van der Waals surface area contributed by atoms with Gasteiger partial charge in [0, 0.05) is 14.9 Å². The number of benzene rings is 1. The zero-order chi connectivity index (χ0) is 16.6. The molecule has 2 aromatic heterocycles. The molecule has 0 N–H and O–H groups in total. The maximum Gasteiger partial charge on any atom is 0.231 e. The van der Waals surface area contributed by atoms with Gasteiger partial charge in [-0.1, -0.05) is 0 Å². The molecule has 2 heterocycles. The summed E-state index contributed by atoms with van der Waals surface area (Å²) < 4.78 is 11.9. The van der Waals surface area contributed by atoms with Gasteiger partial charge in [0.15, 0.2) is 17.8 Å². The predicted octanol–water partition coefficient (Wildman–Crippen LogP) is 4.68. The predicted molar refractivity (Wildman–Crippen MR) is 93.0 cm³/mol. The van der Waals surface area contributed by atoms with E-state index in [1.165, 1.54) is 11.2 Å². The summed E-state index contributed by atoms with van der Waals surface area (Å²) >= 11 is 4.93. The molecule has 0 aliphatic carbocycles. The molecule has 0 spiro atoms. The number of methoxy groups -OCH3 is 1. The van der Waals surface area contributed by atoms with Crippen LogP contribution in [0, 0.1) is 13.8 Å². The van der Waals surface area contributed by atoms with Gasteiger partial charge in [0.1, 0.15) is 11.2 Å². The maximum absolute atomic E-state index is 11.2. The van der Waals surface area contributed by atoms with E-state index in [9.17, 15) is 4.79 Å². The van der Waals surface area contributed by atoms with E-state index in [0.29, 0.717) is 27.4 Å². The molecule has 7 heteroatoms. The number of hydrogen-bond acceptors (Lipinski definition) is 6. The Morgan fingerprint density at radius 3 is 2.70 bits per heavy atom. The number of aromatic nitrogens is 2. The third kappa shape index (κ3) is 2.82. The highest BCUT2D eigenvalue weighted by Crippen LogP contribution is 2.39. The highest BCUT2D eigenvalue weighted by Gasteiger charge is 2.17. The van der Waals surface area contributed by atoms with Gasteiger partial charge in [-0.3, -0.25) is 4.79 Å². The first-order valence-electron chi connectivity index (χ1n) is 6.76. The smallest absolute Gasteiger partial charge is 0.231 e. The minimum absolute atomic E-state index is 0.432. The monoisotopic (exact) mass is 392 g/mol. The molecule has 118 valence electrons. The largest absolute Gasteiger partial charge is 0.493 e. The van der Waals surface area contributed by atoms with Crippen molar-refractivity contribution >= 4 is 43.8 Å². The summed E-state index contributed by atoms with van der Waals surface area (Å²) in [5, 5.41) is 0.882. The highest BCUT2D eigenvalue weighted by atomic mass is 79.9. The molecule has 0 radical (unpaired) electrons. The molecule has 1 aromatic carbocycles. The normalized spacial score (nSPS) is 10.8. The number of hydrogen-bond donors (Lipinski definition) is 0. The molecular formula is C16H13BrN2O3S. The van der Waals surface area contributed by atoms with E-state index >= 15 is 0 Å². The first-order chi connectivity index (χ1) is 11.0. The Balaban J connectivity index is 2.14. The Labute approximate surface area is 145 Å². The van der Waals surface area contributed by atoms with Crippen LogP contribution in [0.2, 0.25) is 0 Å². The second-order valence-corrected chi connectivity index (χ2v) is 6.94. The summed E-state index contributed by atoms with van der Waals surface area (Å²) in [6, 6.07) is 3.32. The van der Waals surface area contributed by atoms with Gasteiger partial charge >= 0.3 is 0 Å². The quantitative estimate of drug-likeness (QED) is 0.602. The minimum Gasteiger partial charge on any atom is -0.493 e. The van der Waals surface area contributed by atoms with E-state index in [1.54, 1.807) is 30.6 Å². The minimum atomic E-state index is 0.432. The highest BCUT2D eigenvalue weighted by molar-refractivity contribution is 9.10. The lowest BCUT2D eigenvalue weighted by Gasteiger charge is -2.12. The Morgan fingerprint density at radius 2 is 2.00 bits per heavy atom. The molecule has 0 fully saturated rings. The third-order valence-electron chi connectivity index (χ3n) is 3.55. The Hall–Kier alpha value is -1.99. The standard InChI is InChI=1S/C16H13BrN2O3S/c1-8-9(2)23-16-14(8)15(18-7-19-16)22-13-4-10(6-20)11(17)5-12(13)21-3/h4-7H,1-3H3. The van der Waals surface area contributed by atoms with Crippen LogP contribution in [0.25, 0.3) is 10.2 Å². The molecule has 0 aliphatic rings. The Kier molecular flexibility index (Phi) is 4.32. The summed E-state index contributed by atoms with van der Waals surface area (Å²) in [4.78, 5) is 21.7. The average Bonchev–Trinajstić information content (AvgIpc) is 2.84. The van der Waals surface area contributed by atoms with Crippen LogP contribution in [0.3, 0.4) is 0 Å². The van der Waals surface area contributed by atoms with E-state index in [1.807, 2.05) is 13.8 Å². The fourth-order valence-corrected chi connectivity index (χ4v) is 3.62. The zero-order valence-corrected chi connectivity index (χ0v) is 15.1. The maximum atomic E-state index is 11.2. The van der Waals surface area contributed by atoms with E-state index in [-0.39, 0.29) is 0 Å². The number of fused-ring (bicyclic) bond motifs is 1. The number of aryl methyl sites for hydroxylation is 2. The van der Waals surface area contributed by atoms with Crippen molar-refractivity contribution in [1.82, 2.24) is 9.97 Å². The number of rotatable bonds is 4. The molecule has 0 unspecified atom stereocenters. The van der Waals surface area contributed by atoms with Crippen LogP contribution in [0.5, 0.6) is 17.4 Å². The summed E-state index contributed by atoms with van der Waals surface area (Å²) in [5.41, 5.74) is 1.57. The van der Waals surface area contributed by atoms with Crippen LogP contribution in [-0.2, 0) is 0 Å². The van der Waals surface area contributed by atoms with E-state index in [4.69, 9.17) is 9.47 Å². The van der Waals surface area contributed by atoms with Crippen molar-refractivity contribution in [3.63, 3.8) is 0 Å². The SMILES string of the molecule is COc1cc(Br)c(C=O)cc1Oc1ncnc2sc(C)c(C)c12. The molecule has 3 aromatic rings. The second kappa shape index (κ2) is 6.25. The van der Waals surface area contributed by atoms with Crippen LogP contribution in [-0.4, -0.2) is 23.4 Å². The molecule has 0 aliphatic heterocycles. The first-order valence-corrected chi connectivity index (χ1v) is 8.37. The Morgan fingerprint density at radius 1 is 1.22 bits per heavy atom. The van der Waals surface area contributed by atoms with Crippen molar-refractivity contribution in [2.75, 3.05) is 7.11 Å². The molecule has 3 rings (SSSR count). The van der Waals surface area contributed by atoms with Crippen LogP contribution in [0.15, 0.2) is 22.9 Å². The molecule has 5 nitrogen and oxygen atoms in total. The summed E-state index contributed by atoms with van der Waals surface area (Å²) in [6.07, 6.45) is 2.23. The average molecular weight is 393 g/mol. The van der Waals surface area contributed by atoms with Gasteiger partial charge in [0.05, 0.1) is 12.5 Å².